The fourth-order valence-corrected chi connectivity index (χ4v) is 1.64. The molecule has 66 valence electrons. The van der Waals surface area contributed by atoms with Crippen molar-refractivity contribution in [2.75, 3.05) is 6.54 Å². The highest BCUT2D eigenvalue weighted by atomic mass is 15.3. The molecule has 1 aromatic rings. The van der Waals surface area contributed by atoms with Crippen LogP contribution in [-0.2, 0) is 6.54 Å². The summed E-state index contributed by atoms with van der Waals surface area (Å²) in [6, 6.07) is 0.703. The number of nitrogens with one attached hydrogen (secondary N) is 1. The molecule has 1 aliphatic heterocycles. The van der Waals surface area contributed by atoms with Gasteiger partial charge in [0.05, 0.1) is 0 Å². The molecule has 4 heteroatoms. The molecule has 0 amide bonds. The molecule has 1 saturated heterocycles. The molecule has 4 nitrogen and oxygen atoms in total. The minimum atomic E-state index is 0.703. The Bertz CT molecular complexity index is 213. The summed E-state index contributed by atoms with van der Waals surface area (Å²) >= 11 is 0. The van der Waals surface area contributed by atoms with Crippen molar-refractivity contribution in [1.29, 1.82) is 0 Å². The Morgan fingerprint density at radius 1 is 1.58 bits per heavy atom. The molecular weight excluding hydrogens is 152 g/mol. The predicted molar refractivity (Wildman–Crippen MR) is 45.7 cm³/mol. The largest absolute Gasteiger partial charge is 0.314 e. The van der Waals surface area contributed by atoms with Crippen molar-refractivity contribution in [3.63, 3.8) is 0 Å². The third kappa shape index (κ3) is 1.82. The van der Waals surface area contributed by atoms with Crippen LogP contribution in [-0.4, -0.2) is 27.4 Å². The van der Waals surface area contributed by atoms with Crippen LogP contribution in [0, 0.1) is 0 Å². The average Bonchev–Trinajstić information content (AvgIpc) is 2.74. The van der Waals surface area contributed by atoms with E-state index >= 15 is 0 Å². The number of hydrogen-bond acceptors (Lipinski definition) is 3. The molecular formula is C8H14N4. The van der Waals surface area contributed by atoms with E-state index in [2.05, 4.69) is 15.4 Å². The van der Waals surface area contributed by atoms with Crippen LogP contribution in [0.5, 0.6) is 0 Å². The lowest BCUT2D eigenvalue weighted by atomic mass is 10.2. The maximum absolute atomic E-state index is 4.05. The molecule has 0 spiro atoms. The first kappa shape index (κ1) is 7.73. The summed E-state index contributed by atoms with van der Waals surface area (Å²) in [5.74, 6) is 0. The number of nitrogens with zero attached hydrogens (tertiary/aromatic N) is 3. The fraction of sp³-hybridized carbons (Fsp3) is 0.750. The van der Waals surface area contributed by atoms with Crippen LogP contribution in [0.3, 0.4) is 0 Å². The molecule has 12 heavy (non-hydrogen) atoms. The van der Waals surface area contributed by atoms with Gasteiger partial charge in [-0.25, -0.2) is 4.98 Å². The fourth-order valence-electron chi connectivity index (χ4n) is 1.64. The summed E-state index contributed by atoms with van der Waals surface area (Å²) in [6.45, 7) is 2.17. The maximum Gasteiger partial charge on any atom is 0.137 e. The van der Waals surface area contributed by atoms with Crippen molar-refractivity contribution < 1.29 is 0 Å². The van der Waals surface area contributed by atoms with Crippen molar-refractivity contribution >= 4 is 0 Å². The Morgan fingerprint density at radius 2 is 2.58 bits per heavy atom. The van der Waals surface area contributed by atoms with Gasteiger partial charge in [0.2, 0.25) is 0 Å². The first-order valence-corrected chi connectivity index (χ1v) is 4.51. The molecule has 1 N–H and O–H groups in total. The summed E-state index contributed by atoms with van der Waals surface area (Å²) in [5, 5.41) is 7.51. The molecule has 2 heterocycles. The standard InChI is InChI=1S/C8H14N4/c1-2-8(10-4-1)3-5-12-7-9-6-11-12/h6-8,10H,1-5H2. The molecule has 1 aliphatic rings. The lowest BCUT2D eigenvalue weighted by Gasteiger charge is -2.08. The van der Waals surface area contributed by atoms with E-state index in [0.29, 0.717) is 6.04 Å². The Hall–Kier alpha value is -0.900. The van der Waals surface area contributed by atoms with Crippen molar-refractivity contribution in [3.05, 3.63) is 12.7 Å². The summed E-state index contributed by atoms with van der Waals surface area (Å²) in [4.78, 5) is 3.90. The molecule has 0 radical (unpaired) electrons. The van der Waals surface area contributed by atoms with E-state index < -0.39 is 0 Å². The highest BCUT2D eigenvalue weighted by Gasteiger charge is 2.13. The molecule has 1 unspecified atom stereocenters. The number of aromatic nitrogens is 3. The first-order valence-electron chi connectivity index (χ1n) is 4.51. The van der Waals surface area contributed by atoms with E-state index in [1.807, 2.05) is 4.68 Å². The molecule has 0 aromatic carbocycles. The lowest BCUT2D eigenvalue weighted by molar-refractivity contribution is 0.480. The van der Waals surface area contributed by atoms with E-state index in [1.54, 1.807) is 12.7 Å². The van der Waals surface area contributed by atoms with Crippen LogP contribution in [0.4, 0.5) is 0 Å². The zero-order valence-electron chi connectivity index (χ0n) is 7.11. The zero-order chi connectivity index (χ0) is 8.23. The second kappa shape index (κ2) is 3.67. The van der Waals surface area contributed by atoms with Gasteiger partial charge in [0.15, 0.2) is 0 Å². The number of rotatable bonds is 3. The van der Waals surface area contributed by atoms with E-state index in [0.717, 1.165) is 6.54 Å². The number of hydrogen-bond donors (Lipinski definition) is 1. The predicted octanol–water partition coefficient (Wildman–Crippen LogP) is 0.420. The maximum atomic E-state index is 4.05. The molecule has 1 fully saturated rings. The van der Waals surface area contributed by atoms with Gasteiger partial charge in [0.25, 0.3) is 0 Å². The highest BCUT2D eigenvalue weighted by molar-refractivity contribution is 4.73. The van der Waals surface area contributed by atoms with Crippen molar-refractivity contribution in [2.24, 2.45) is 0 Å². The second-order valence-electron chi connectivity index (χ2n) is 3.24. The second-order valence-corrected chi connectivity index (χ2v) is 3.24. The van der Waals surface area contributed by atoms with E-state index in [-0.39, 0.29) is 0 Å². The molecule has 2 rings (SSSR count). The SMILES string of the molecule is c1ncn(CCC2CCCN2)n1. The third-order valence-electron chi connectivity index (χ3n) is 2.34. The van der Waals surface area contributed by atoms with Crippen LogP contribution in [0.15, 0.2) is 12.7 Å². The van der Waals surface area contributed by atoms with Crippen LogP contribution in [0.25, 0.3) is 0 Å². The normalized spacial score (nSPS) is 23.2. The van der Waals surface area contributed by atoms with Gasteiger partial charge >= 0.3 is 0 Å². The van der Waals surface area contributed by atoms with Crippen LogP contribution < -0.4 is 5.32 Å². The van der Waals surface area contributed by atoms with E-state index in [1.165, 1.54) is 25.8 Å². The molecule has 1 atom stereocenters. The van der Waals surface area contributed by atoms with Gasteiger partial charge in [-0.05, 0) is 25.8 Å². The van der Waals surface area contributed by atoms with Crippen LogP contribution >= 0.6 is 0 Å². The van der Waals surface area contributed by atoms with Crippen molar-refractivity contribution in [3.8, 4) is 0 Å². The number of aryl methyl sites for hydroxylation is 1. The Kier molecular flexibility index (Phi) is 2.36. The summed E-state index contributed by atoms with van der Waals surface area (Å²) in [6.07, 6.45) is 7.16. The van der Waals surface area contributed by atoms with Gasteiger partial charge in [-0.3, -0.25) is 4.68 Å². The first-order chi connectivity index (χ1) is 5.95. The summed E-state index contributed by atoms with van der Waals surface area (Å²) in [5.41, 5.74) is 0. The molecule has 0 aliphatic carbocycles. The third-order valence-corrected chi connectivity index (χ3v) is 2.34. The Balaban J connectivity index is 1.74. The van der Waals surface area contributed by atoms with Gasteiger partial charge in [-0.15, -0.1) is 0 Å². The van der Waals surface area contributed by atoms with E-state index in [4.69, 9.17) is 0 Å². The minimum absolute atomic E-state index is 0.703. The minimum Gasteiger partial charge on any atom is -0.314 e. The highest BCUT2D eigenvalue weighted by Crippen LogP contribution is 2.08. The van der Waals surface area contributed by atoms with Crippen LogP contribution in [0.2, 0.25) is 0 Å². The molecule has 0 bridgehead atoms. The van der Waals surface area contributed by atoms with Crippen molar-refractivity contribution in [2.45, 2.75) is 31.8 Å². The Labute approximate surface area is 72.0 Å². The summed E-state index contributed by atoms with van der Waals surface area (Å²) in [7, 11) is 0. The molecule has 1 aromatic heterocycles. The topological polar surface area (TPSA) is 42.7 Å². The lowest BCUT2D eigenvalue weighted by Crippen LogP contribution is -2.22. The van der Waals surface area contributed by atoms with Crippen molar-refractivity contribution in [1.82, 2.24) is 20.1 Å². The monoisotopic (exact) mass is 166 g/mol. The Morgan fingerprint density at radius 3 is 3.25 bits per heavy atom. The van der Waals surface area contributed by atoms with Gasteiger partial charge < -0.3 is 5.32 Å². The quantitative estimate of drug-likeness (QED) is 0.707. The van der Waals surface area contributed by atoms with Gasteiger partial charge in [-0.2, -0.15) is 5.10 Å². The van der Waals surface area contributed by atoms with E-state index in [9.17, 15) is 0 Å². The average molecular weight is 166 g/mol. The molecule has 0 saturated carbocycles. The van der Waals surface area contributed by atoms with Gasteiger partial charge in [0.1, 0.15) is 12.7 Å². The zero-order valence-corrected chi connectivity index (χ0v) is 7.11. The smallest absolute Gasteiger partial charge is 0.137 e. The van der Waals surface area contributed by atoms with Gasteiger partial charge in [-0.1, -0.05) is 0 Å². The van der Waals surface area contributed by atoms with Crippen LogP contribution in [0.1, 0.15) is 19.3 Å². The summed E-state index contributed by atoms with van der Waals surface area (Å²) < 4.78 is 1.89. The van der Waals surface area contributed by atoms with Gasteiger partial charge in [0, 0.05) is 12.6 Å².